The molecule has 0 atom stereocenters. The van der Waals surface area contributed by atoms with Crippen LogP contribution in [0.1, 0.15) is 9.68 Å². The van der Waals surface area contributed by atoms with E-state index in [0.717, 1.165) is 29.6 Å². The van der Waals surface area contributed by atoms with Crippen molar-refractivity contribution in [2.24, 2.45) is 0 Å². The summed E-state index contributed by atoms with van der Waals surface area (Å²) in [5, 5.41) is 0. The Morgan fingerprint density at radius 1 is 0.794 bits per heavy atom. The standard InChI is InChI=1S/C17H12N.C12H8F2N.Ir/c1-3-7-14(8-4-1)16-11-12-18-17(13-16)15-9-5-2-6-10-15;1-8-2-5-12(15-7-8)10-4-3-9(13)6-11(10)14;/h1-9,11-13H;2-3,5-7H,1H3;/q2*-1;/i;1D3;. The molecule has 5 aromatic rings. The van der Waals surface area contributed by atoms with Crippen molar-refractivity contribution < 1.29 is 33.0 Å². The second-order valence-corrected chi connectivity index (χ2v) is 7.04. The number of nitrogens with zero attached hydrogens (tertiary/aromatic N) is 2. The van der Waals surface area contributed by atoms with Gasteiger partial charge < -0.3 is 9.97 Å². The molecule has 0 saturated carbocycles. The van der Waals surface area contributed by atoms with Crippen LogP contribution < -0.4 is 0 Å². The molecule has 2 aromatic heterocycles. The fourth-order valence-corrected chi connectivity index (χ4v) is 3.12. The van der Waals surface area contributed by atoms with Crippen LogP contribution in [0.3, 0.4) is 0 Å². The van der Waals surface area contributed by atoms with Gasteiger partial charge in [0.1, 0.15) is 0 Å². The summed E-state index contributed by atoms with van der Waals surface area (Å²) in [6.07, 6.45) is 3.00. The van der Waals surface area contributed by atoms with Gasteiger partial charge in [0.15, 0.2) is 0 Å². The van der Waals surface area contributed by atoms with Crippen LogP contribution in [0.2, 0.25) is 0 Å². The van der Waals surface area contributed by atoms with E-state index in [1.807, 2.05) is 54.7 Å². The summed E-state index contributed by atoms with van der Waals surface area (Å²) in [7, 11) is 0. The van der Waals surface area contributed by atoms with Crippen LogP contribution in [0, 0.1) is 30.6 Å². The normalized spacial score (nSPS) is 11.6. The van der Waals surface area contributed by atoms with E-state index in [9.17, 15) is 8.78 Å². The SMILES string of the molecule is [2H]C([2H])([2H])c1ccc(-c2[c-]cc(F)cc2F)nc1.[Ir].[c-]1ccccc1-c1cc(-c2ccccc2)ccn1. The molecule has 2 heterocycles. The van der Waals surface area contributed by atoms with E-state index < -0.39 is 18.5 Å². The zero-order valence-corrected chi connectivity index (χ0v) is 20.2. The van der Waals surface area contributed by atoms with E-state index in [1.165, 1.54) is 23.3 Å². The molecule has 0 saturated heterocycles. The monoisotopic (exact) mass is 630 g/mol. The molecular weight excluding hydrogens is 607 g/mol. The largest absolute Gasteiger partial charge is 0.305 e. The van der Waals surface area contributed by atoms with Crippen molar-refractivity contribution >= 4 is 0 Å². The third-order valence-corrected chi connectivity index (χ3v) is 4.73. The topological polar surface area (TPSA) is 25.8 Å². The zero-order valence-electron chi connectivity index (χ0n) is 20.8. The average molecular weight is 630 g/mol. The van der Waals surface area contributed by atoms with Crippen LogP contribution >= 0.6 is 0 Å². The quantitative estimate of drug-likeness (QED) is 0.195. The van der Waals surface area contributed by atoms with Gasteiger partial charge >= 0.3 is 0 Å². The van der Waals surface area contributed by atoms with E-state index in [-0.39, 0.29) is 36.9 Å². The van der Waals surface area contributed by atoms with E-state index in [2.05, 4.69) is 40.3 Å². The molecule has 0 aliphatic carbocycles. The van der Waals surface area contributed by atoms with Crippen LogP contribution in [0.15, 0.2) is 103 Å². The van der Waals surface area contributed by atoms with Crippen LogP contribution in [0.4, 0.5) is 8.78 Å². The zero-order chi connectivity index (χ0) is 25.5. The molecule has 171 valence electrons. The van der Waals surface area contributed by atoms with Gasteiger partial charge in [-0.1, -0.05) is 60.2 Å². The molecule has 0 amide bonds. The summed E-state index contributed by atoms with van der Waals surface area (Å²) >= 11 is 0. The van der Waals surface area contributed by atoms with Crippen molar-refractivity contribution in [3.8, 4) is 33.6 Å². The minimum atomic E-state index is -2.25. The average Bonchev–Trinajstić information content (AvgIpc) is 2.90. The predicted octanol–water partition coefficient (Wildman–Crippen LogP) is 7.35. The molecule has 0 bridgehead atoms. The molecule has 2 nitrogen and oxygen atoms in total. The van der Waals surface area contributed by atoms with Gasteiger partial charge in [-0.3, -0.25) is 8.78 Å². The summed E-state index contributed by atoms with van der Waals surface area (Å²) in [6.45, 7) is -2.25. The minimum absolute atomic E-state index is 0. The third-order valence-electron chi connectivity index (χ3n) is 4.73. The van der Waals surface area contributed by atoms with Crippen LogP contribution in [0.5, 0.6) is 0 Å². The summed E-state index contributed by atoms with van der Waals surface area (Å²) in [5.74, 6) is -1.51. The molecule has 3 aromatic carbocycles. The first-order chi connectivity index (χ1) is 17.3. The molecule has 0 spiro atoms. The number of pyridine rings is 2. The smallest absolute Gasteiger partial charge is 0.0408 e. The molecule has 0 fully saturated rings. The second kappa shape index (κ2) is 12.1. The molecule has 0 aliphatic rings. The summed E-state index contributed by atoms with van der Waals surface area (Å²) in [6, 6.07) is 32.4. The van der Waals surface area contributed by atoms with Crippen molar-refractivity contribution in [1.82, 2.24) is 9.97 Å². The first kappa shape index (κ1) is 21.0. The number of hydrogen-bond acceptors (Lipinski definition) is 2. The Labute approximate surface area is 215 Å². The Morgan fingerprint density at radius 2 is 1.62 bits per heavy atom. The second-order valence-electron chi connectivity index (χ2n) is 7.04. The van der Waals surface area contributed by atoms with Crippen molar-refractivity contribution in [3.63, 3.8) is 0 Å². The first-order valence-electron chi connectivity index (χ1n) is 11.6. The van der Waals surface area contributed by atoms with Gasteiger partial charge in [0.25, 0.3) is 0 Å². The minimum Gasteiger partial charge on any atom is -0.305 e. The Morgan fingerprint density at radius 3 is 2.29 bits per heavy atom. The third kappa shape index (κ3) is 6.50. The number of halogens is 2. The summed E-state index contributed by atoms with van der Waals surface area (Å²) in [4.78, 5) is 8.26. The summed E-state index contributed by atoms with van der Waals surface area (Å²) in [5.41, 5.74) is 4.64. The molecule has 5 heteroatoms. The molecule has 0 aliphatic heterocycles. The fourth-order valence-electron chi connectivity index (χ4n) is 3.12. The maximum absolute atomic E-state index is 13.4. The number of aryl methyl sites for hydroxylation is 1. The van der Waals surface area contributed by atoms with Crippen molar-refractivity contribution in [1.29, 1.82) is 0 Å². The van der Waals surface area contributed by atoms with Gasteiger partial charge in [-0.2, -0.15) is 0 Å². The molecule has 5 rings (SSSR count). The van der Waals surface area contributed by atoms with Crippen LogP contribution in [-0.4, -0.2) is 9.97 Å². The number of rotatable bonds is 3. The maximum Gasteiger partial charge on any atom is 0.0408 e. The first-order valence-corrected chi connectivity index (χ1v) is 10.1. The number of aromatic nitrogens is 2. The van der Waals surface area contributed by atoms with Gasteiger partial charge in [-0.15, -0.1) is 48.0 Å². The Bertz CT molecular complexity index is 1370. The van der Waals surface area contributed by atoms with Crippen LogP contribution in [-0.2, 0) is 20.1 Å². The van der Waals surface area contributed by atoms with Crippen molar-refractivity contribution in [2.45, 2.75) is 6.85 Å². The molecule has 1 radical (unpaired) electrons. The van der Waals surface area contributed by atoms with Gasteiger partial charge in [-0.25, -0.2) is 0 Å². The molecule has 0 unspecified atom stereocenters. The van der Waals surface area contributed by atoms with Crippen molar-refractivity contribution in [3.05, 3.63) is 133 Å². The van der Waals surface area contributed by atoms with E-state index in [0.29, 0.717) is 0 Å². The Balaban J connectivity index is 0.000000200. The van der Waals surface area contributed by atoms with E-state index in [1.54, 1.807) is 0 Å². The number of hydrogen-bond donors (Lipinski definition) is 0. The van der Waals surface area contributed by atoms with Gasteiger partial charge in [0, 0.05) is 48.2 Å². The number of benzene rings is 3. The fraction of sp³-hybridized carbons (Fsp3) is 0.0345. The van der Waals surface area contributed by atoms with Gasteiger partial charge in [0.05, 0.1) is 0 Å². The Kier molecular flexibility index (Phi) is 7.47. The molecule has 0 N–H and O–H groups in total. The van der Waals surface area contributed by atoms with Gasteiger partial charge in [0.2, 0.25) is 0 Å². The predicted molar refractivity (Wildman–Crippen MR) is 127 cm³/mol. The molecular formula is C29H20F2IrN2-2. The maximum atomic E-state index is 13.4. The Hall–Kier alpha value is -3.53. The van der Waals surface area contributed by atoms with E-state index in [4.69, 9.17) is 4.11 Å². The van der Waals surface area contributed by atoms with E-state index >= 15 is 0 Å². The van der Waals surface area contributed by atoms with Gasteiger partial charge in [-0.05, 0) is 41.0 Å². The molecule has 34 heavy (non-hydrogen) atoms. The van der Waals surface area contributed by atoms with Crippen LogP contribution in [0.25, 0.3) is 33.6 Å². The summed E-state index contributed by atoms with van der Waals surface area (Å²) < 4.78 is 47.7. The van der Waals surface area contributed by atoms with Crippen molar-refractivity contribution in [2.75, 3.05) is 0 Å².